The molecule has 0 fully saturated rings. The molecule has 0 N–H and O–H groups in total. The molecule has 0 aromatic heterocycles. The van der Waals surface area contributed by atoms with Crippen LogP contribution in [0.15, 0.2) is 30.3 Å². The Morgan fingerprint density at radius 1 is 1.12 bits per heavy atom. The number of rotatable bonds is 6. The Balaban J connectivity index is 0.00000225. The minimum atomic E-state index is 0. The van der Waals surface area contributed by atoms with Crippen molar-refractivity contribution < 1.29 is 16.9 Å². The predicted octanol–water partition coefficient (Wildman–Crippen LogP) is 0.0201. The summed E-state index contributed by atoms with van der Waals surface area (Å²) in [4.78, 5) is 0. The van der Waals surface area contributed by atoms with Crippen LogP contribution in [-0.2, 0) is 6.54 Å². The number of hydrogen-bond donors (Lipinski definition) is 0. The van der Waals surface area contributed by atoms with E-state index in [2.05, 4.69) is 50.7 Å². The first-order valence-corrected chi connectivity index (χ1v) is 6.88. The highest BCUT2D eigenvalue weighted by atomic mass is 35.5. The van der Waals surface area contributed by atoms with Crippen molar-refractivity contribution in [3.63, 3.8) is 0 Å². The van der Waals surface area contributed by atoms with Crippen molar-refractivity contribution in [3.8, 4) is 0 Å². The number of nitrogens with zero attached hydrogens (tertiary/aromatic N) is 1. The molecule has 16 heavy (non-hydrogen) atoms. The van der Waals surface area contributed by atoms with E-state index in [1.54, 1.807) is 0 Å². The molecule has 0 aliphatic heterocycles. The molecular weight excluding hydrogens is 238 g/mol. The molecule has 0 atom stereocenters. The first-order chi connectivity index (χ1) is 7.14. The summed E-state index contributed by atoms with van der Waals surface area (Å²) in [5.41, 5.74) is 1.44. The Labute approximate surface area is 110 Å². The molecule has 92 valence electrons. The van der Waals surface area contributed by atoms with Gasteiger partial charge in [0.2, 0.25) is 0 Å². The maximum absolute atomic E-state index is 2.31. The maximum Gasteiger partial charge on any atom is 0.104 e. The molecule has 0 amide bonds. The number of thioether (sulfide) groups is 1. The second kappa shape index (κ2) is 7.99. The summed E-state index contributed by atoms with van der Waals surface area (Å²) in [6, 6.07) is 10.8. The van der Waals surface area contributed by atoms with Crippen molar-refractivity contribution in [1.29, 1.82) is 0 Å². The zero-order valence-corrected chi connectivity index (χ0v) is 12.0. The Hall–Kier alpha value is -0.180. The molecule has 0 radical (unpaired) electrons. The average molecular weight is 260 g/mol. The Morgan fingerprint density at radius 2 is 1.75 bits per heavy atom. The highest BCUT2D eigenvalue weighted by molar-refractivity contribution is 7.98. The first-order valence-electron chi connectivity index (χ1n) is 5.49. The van der Waals surface area contributed by atoms with E-state index < -0.39 is 0 Å². The lowest BCUT2D eigenvalue weighted by molar-refractivity contribution is -0.903. The molecule has 0 heterocycles. The van der Waals surface area contributed by atoms with Gasteiger partial charge in [0.15, 0.2) is 0 Å². The van der Waals surface area contributed by atoms with Crippen molar-refractivity contribution in [2.24, 2.45) is 0 Å². The van der Waals surface area contributed by atoms with Gasteiger partial charge in [-0.1, -0.05) is 30.3 Å². The largest absolute Gasteiger partial charge is 1.00 e. The third-order valence-electron chi connectivity index (χ3n) is 2.57. The van der Waals surface area contributed by atoms with Gasteiger partial charge in [-0.05, 0) is 12.0 Å². The lowest BCUT2D eigenvalue weighted by atomic mass is 10.2. The van der Waals surface area contributed by atoms with E-state index in [1.165, 1.54) is 24.3 Å². The van der Waals surface area contributed by atoms with E-state index >= 15 is 0 Å². The molecule has 1 aromatic carbocycles. The Kier molecular flexibility index (Phi) is 7.90. The minimum absolute atomic E-state index is 0. The van der Waals surface area contributed by atoms with E-state index in [0.29, 0.717) is 0 Å². The summed E-state index contributed by atoms with van der Waals surface area (Å²) >= 11 is 1.94. The van der Waals surface area contributed by atoms with E-state index in [0.717, 1.165) is 11.0 Å². The molecule has 3 heteroatoms. The number of quaternary nitrogens is 1. The highest BCUT2D eigenvalue weighted by Gasteiger charge is 2.14. The van der Waals surface area contributed by atoms with E-state index in [9.17, 15) is 0 Å². The van der Waals surface area contributed by atoms with Gasteiger partial charge in [-0.2, -0.15) is 11.8 Å². The molecular formula is C13H22ClNS. The van der Waals surface area contributed by atoms with Crippen LogP contribution in [0.1, 0.15) is 12.0 Å². The molecule has 0 saturated heterocycles. The predicted molar refractivity (Wildman–Crippen MR) is 70.1 cm³/mol. The highest BCUT2D eigenvalue weighted by Crippen LogP contribution is 2.10. The van der Waals surface area contributed by atoms with Gasteiger partial charge >= 0.3 is 0 Å². The summed E-state index contributed by atoms with van der Waals surface area (Å²) in [6.07, 6.45) is 3.48. The normalized spacial score (nSPS) is 10.9. The second-order valence-electron chi connectivity index (χ2n) is 4.65. The maximum atomic E-state index is 2.31. The number of hydrogen-bond acceptors (Lipinski definition) is 1. The van der Waals surface area contributed by atoms with Crippen molar-refractivity contribution in [2.45, 2.75) is 13.0 Å². The van der Waals surface area contributed by atoms with Crippen molar-refractivity contribution in [2.75, 3.05) is 32.6 Å². The monoisotopic (exact) mass is 259 g/mol. The van der Waals surface area contributed by atoms with Gasteiger partial charge in [-0.3, -0.25) is 0 Å². The van der Waals surface area contributed by atoms with Crippen LogP contribution >= 0.6 is 11.8 Å². The summed E-state index contributed by atoms with van der Waals surface area (Å²) < 4.78 is 1.09. The summed E-state index contributed by atoms with van der Waals surface area (Å²) in [5, 5.41) is 0. The van der Waals surface area contributed by atoms with Crippen LogP contribution in [0.25, 0.3) is 0 Å². The van der Waals surface area contributed by atoms with E-state index in [4.69, 9.17) is 0 Å². The quantitative estimate of drug-likeness (QED) is 0.513. The van der Waals surface area contributed by atoms with E-state index in [1.807, 2.05) is 11.8 Å². The summed E-state index contributed by atoms with van der Waals surface area (Å²) in [5.74, 6) is 1.27. The van der Waals surface area contributed by atoms with Crippen molar-refractivity contribution in [3.05, 3.63) is 35.9 Å². The number of halogens is 1. The average Bonchev–Trinajstić information content (AvgIpc) is 2.18. The van der Waals surface area contributed by atoms with Gasteiger partial charge in [0, 0.05) is 12.0 Å². The zero-order valence-electron chi connectivity index (χ0n) is 10.4. The fraction of sp³-hybridized carbons (Fsp3) is 0.538. The van der Waals surface area contributed by atoms with Crippen molar-refractivity contribution >= 4 is 11.8 Å². The third kappa shape index (κ3) is 6.41. The van der Waals surface area contributed by atoms with Crippen LogP contribution < -0.4 is 12.4 Å². The lowest BCUT2D eigenvalue weighted by Gasteiger charge is -2.29. The molecule has 0 unspecified atom stereocenters. The first kappa shape index (κ1) is 15.8. The van der Waals surface area contributed by atoms with Gasteiger partial charge in [0.25, 0.3) is 0 Å². The zero-order chi connectivity index (χ0) is 11.1. The summed E-state index contributed by atoms with van der Waals surface area (Å²) in [6.45, 7) is 2.39. The van der Waals surface area contributed by atoms with Crippen molar-refractivity contribution in [1.82, 2.24) is 0 Å². The molecule has 0 aliphatic carbocycles. The molecule has 0 saturated carbocycles. The molecule has 1 rings (SSSR count). The third-order valence-corrected chi connectivity index (χ3v) is 3.26. The second-order valence-corrected chi connectivity index (χ2v) is 5.64. The lowest BCUT2D eigenvalue weighted by Crippen LogP contribution is -3.00. The van der Waals surface area contributed by atoms with Crippen LogP contribution in [0, 0.1) is 0 Å². The van der Waals surface area contributed by atoms with Gasteiger partial charge in [0.1, 0.15) is 6.54 Å². The van der Waals surface area contributed by atoms with Gasteiger partial charge < -0.3 is 16.9 Å². The summed E-state index contributed by atoms with van der Waals surface area (Å²) in [7, 11) is 4.63. The molecule has 0 spiro atoms. The van der Waals surface area contributed by atoms with Crippen LogP contribution in [0.2, 0.25) is 0 Å². The minimum Gasteiger partial charge on any atom is -1.00 e. The Morgan fingerprint density at radius 3 is 2.31 bits per heavy atom. The molecule has 1 aromatic rings. The molecule has 0 bridgehead atoms. The fourth-order valence-corrected chi connectivity index (χ4v) is 2.21. The van der Waals surface area contributed by atoms with Crippen LogP contribution in [0.3, 0.4) is 0 Å². The fourth-order valence-electron chi connectivity index (χ4n) is 1.79. The van der Waals surface area contributed by atoms with E-state index in [-0.39, 0.29) is 12.4 Å². The number of benzene rings is 1. The SMILES string of the molecule is CSCCC[N+](C)(C)Cc1ccccc1.[Cl-]. The topological polar surface area (TPSA) is 0 Å². The molecule has 1 nitrogen and oxygen atoms in total. The van der Waals surface area contributed by atoms with Crippen LogP contribution in [-0.4, -0.2) is 37.1 Å². The standard InChI is InChI=1S/C13H22NS.ClH/c1-14(2,10-7-11-15-3)12-13-8-5-4-6-9-13;/h4-6,8-9H,7,10-12H2,1-3H3;1H/q+1;/p-1. The molecule has 0 aliphatic rings. The van der Waals surface area contributed by atoms with Gasteiger partial charge in [-0.15, -0.1) is 0 Å². The van der Waals surface area contributed by atoms with Crippen LogP contribution in [0.4, 0.5) is 0 Å². The Bertz CT molecular complexity index is 275. The van der Waals surface area contributed by atoms with Gasteiger partial charge in [-0.25, -0.2) is 0 Å². The van der Waals surface area contributed by atoms with Gasteiger partial charge in [0.05, 0.1) is 20.6 Å². The van der Waals surface area contributed by atoms with Crippen LogP contribution in [0.5, 0.6) is 0 Å². The smallest absolute Gasteiger partial charge is 0.104 e.